The molecule has 2 nitrogen and oxygen atoms in total. The lowest BCUT2D eigenvalue weighted by molar-refractivity contribution is -0.118. The van der Waals surface area contributed by atoms with E-state index in [-0.39, 0.29) is 0 Å². The van der Waals surface area contributed by atoms with E-state index in [2.05, 4.69) is 12.2 Å². The molecule has 0 heterocycles. The summed E-state index contributed by atoms with van der Waals surface area (Å²) in [7, 11) is 1.43. The molecule has 82 valence electrons. The van der Waals surface area contributed by atoms with Crippen LogP contribution in [-0.4, -0.2) is 13.0 Å². The van der Waals surface area contributed by atoms with E-state index < -0.39 is 11.7 Å². The molecule has 1 amide bonds. The van der Waals surface area contributed by atoms with E-state index in [4.69, 9.17) is 0 Å². The minimum Gasteiger partial charge on any atom is -0.353 e. The summed E-state index contributed by atoms with van der Waals surface area (Å²) in [6, 6.07) is 0. The van der Waals surface area contributed by atoms with E-state index in [1.807, 2.05) is 0 Å². The van der Waals surface area contributed by atoms with E-state index in [0.717, 1.165) is 12.8 Å². The van der Waals surface area contributed by atoms with Crippen LogP contribution in [0.1, 0.15) is 45.4 Å². The Morgan fingerprint density at radius 3 is 2.50 bits per heavy atom. The molecule has 0 saturated heterocycles. The number of carbonyl (C=O) groups is 1. The fourth-order valence-corrected chi connectivity index (χ4v) is 1.19. The van der Waals surface area contributed by atoms with Crippen molar-refractivity contribution in [2.24, 2.45) is 0 Å². The van der Waals surface area contributed by atoms with Gasteiger partial charge in [-0.25, -0.2) is 4.39 Å². The highest BCUT2D eigenvalue weighted by Crippen LogP contribution is 2.07. The van der Waals surface area contributed by atoms with Gasteiger partial charge in [-0.15, -0.1) is 0 Å². The predicted octanol–water partition coefficient (Wildman–Crippen LogP) is 2.95. The first-order valence-electron chi connectivity index (χ1n) is 5.30. The van der Waals surface area contributed by atoms with Crippen LogP contribution in [0.3, 0.4) is 0 Å². The molecule has 0 unspecified atom stereocenters. The van der Waals surface area contributed by atoms with Crippen LogP contribution in [0.2, 0.25) is 0 Å². The summed E-state index contributed by atoms with van der Waals surface area (Å²) in [5.41, 5.74) is 0. The second-order valence-electron chi connectivity index (χ2n) is 3.33. The van der Waals surface area contributed by atoms with Gasteiger partial charge in [0.15, 0.2) is 5.83 Å². The number of nitrogens with one attached hydrogen (secondary N) is 1. The average Bonchev–Trinajstić information content (AvgIpc) is 2.21. The van der Waals surface area contributed by atoms with Crippen LogP contribution in [0.25, 0.3) is 0 Å². The molecule has 0 rings (SSSR count). The molecule has 0 saturated carbocycles. The van der Waals surface area contributed by atoms with Gasteiger partial charge >= 0.3 is 0 Å². The quantitative estimate of drug-likeness (QED) is 0.498. The minimum atomic E-state index is -0.664. The number of unbranched alkanes of at least 4 members (excludes halogenated alkanes) is 5. The van der Waals surface area contributed by atoms with Gasteiger partial charge in [0.25, 0.3) is 5.91 Å². The molecule has 1 N–H and O–H groups in total. The predicted molar refractivity (Wildman–Crippen MR) is 56.6 cm³/mol. The fraction of sp³-hybridized carbons (Fsp3) is 0.727. The van der Waals surface area contributed by atoms with E-state index in [1.165, 1.54) is 32.4 Å². The highest BCUT2D eigenvalue weighted by atomic mass is 19.1. The molecule has 0 aromatic carbocycles. The van der Waals surface area contributed by atoms with Crippen molar-refractivity contribution in [3.05, 3.63) is 11.9 Å². The average molecular weight is 201 g/mol. The van der Waals surface area contributed by atoms with Crippen LogP contribution < -0.4 is 5.32 Å². The normalized spacial score (nSPS) is 11.5. The first-order valence-corrected chi connectivity index (χ1v) is 5.30. The number of hydrogen-bond donors (Lipinski definition) is 1. The number of amides is 1. The second-order valence-corrected chi connectivity index (χ2v) is 3.33. The largest absolute Gasteiger partial charge is 0.353 e. The number of rotatable bonds is 7. The molecule has 0 aliphatic heterocycles. The van der Waals surface area contributed by atoms with Crippen molar-refractivity contribution in [3.8, 4) is 0 Å². The zero-order chi connectivity index (χ0) is 10.8. The third kappa shape index (κ3) is 6.63. The van der Waals surface area contributed by atoms with E-state index in [0.29, 0.717) is 6.42 Å². The number of halogens is 1. The first kappa shape index (κ1) is 13.1. The van der Waals surface area contributed by atoms with Crippen LogP contribution in [0.5, 0.6) is 0 Å². The van der Waals surface area contributed by atoms with Crippen molar-refractivity contribution in [2.45, 2.75) is 45.4 Å². The zero-order valence-electron chi connectivity index (χ0n) is 9.11. The zero-order valence-corrected chi connectivity index (χ0v) is 9.11. The van der Waals surface area contributed by atoms with Gasteiger partial charge in [-0.1, -0.05) is 32.6 Å². The van der Waals surface area contributed by atoms with Gasteiger partial charge in [0.2, 0.25) is 0 Å². The Labute approximate surface area is 85.6 Å². The van der Waals surface area contributed by atoms with E-state index in [1.54, 1.807) is 0 Å². The molecule has 0 aliphatic carbocycles. The lowest BCUT2D eigenvalue weighted by Gasteiger charge is -1.97. The van der Waals surface area contributed by atoms with Crippen molar-refractivity contribution < 1.29 is 9.18 Å². The molecule has 0 bridgehead atoms. The highest BCUT2D eigenvalue weighted by Gasteiger charge is 2.03. The third-order valence-electron chi connectivity index (χ3n) is 2.08. The molecule has 0 aromatic rings. The number of allylic oxidation sites excluding steroid dienone is 1. The summed E-state index contributed by atoms with van der Waals surface area (Å²) in [6.07, 6.45) is 7.75. The van der Waals surface area contributed by atoms with E-state index in [9.17, 15) is 9.18 Å². The molecule has 0 radical (unpaired) electrons. The Morgan fingerprint density at radius 2 is 1.93 bits per heavy atom. The molecular formula is C11H20FNO. The maximum absolute atomic E-state index is 12.8. The standard InChI is InChI=1S/C11H20FNO/c1-3-4-5-6-7-8-9-10(12)11(14)13-2/h9H,3-8H2,1-2H3,(H,13,14)/b10-9+. The molecule has 0 spiro atoms. The van der Waals surface area contributed by atoms with Crippen molar-refractivity contribution in [1.82, 2.24) is 5.32 Å². The Morgan fingerprint density at radius 1 is 1.29 bits per heavy atom. The minimum absolute atomic E-state index is 0.626. The summed E-state index contributed by atoms with van der Waals surface area (Å²) in [5, 5.41) is 2.24. The molecule has 14 heavy (non-hydrogen) atoms. The van der Waals surface area contributed by atoms with Gasteiger partial charge in [0.05, 0.1) is 0 Å². The van der Waals surface area contributed by atoms with Crippen LogP contribution in [0.4, 0.5) is 4.39 Å². The van der Waals surface area contributed by atoms with Gasteiger partial charge in [0, 0.05) is 7.05 Å². The smallest absolute Gasteiger partial charge is 0.279 e. The highest BCUT2D eigenvalue weighted by molar-refractivity contribution is 5.90. The van der Waals surface area contributed by atoms with Crippen molar-refractivity contribution >= 4 is 5.91 Å². The van der Waals surface area contributed by atoms with Crippen LogP contribution in [0, 0.1) is 0 Å². The van der Waals surface area contributed by atoms with Crippen molar-refractivity contribution in [1.29, 1.82) is 0 Å². The molecule has 0 atom stereocenters. The molecule has 0 fully saturated rings. The Bertz CT molecular complexity index is 190. The molecule has 0 aliphatic rings. The number of hydrogen-bond acceptors (Lipinski definition) is 1. The van der Waals surface area contributed by atoms with Crippen LogP contribution in [-0.2, 0) is 4.79 Å². The summed E-state index contributed by atoms with van der Waals surface area (Å²) in [5.74, 6) is -1.29. The van der Waals surface area contributed by atoms with Crippen molar-refractivity contribution in [3.63, 3.8) is 0 Å². The van der Waals surface area contributed by atoms with Crippen LogP contribution in [0.15, 0.2) is 11.9 Å². The third-order valence-corrected chi connectivity index (χ3v) is 2.08. The van der Waals surface area contributed by atoms with Gasteiger partial charge in [-0.3, -0.25) is 4.79 Å². The first-order chi connectivity index (χ1) is 6.72. The van der Waals surface area contributed by atoms with Crippen LogP contribution >= 0.6 is 0 Å². The van der Waals surface area contributed by atoms with Gasteiger partial charge in [-0.05, 0) is 18.9 Å². The Balaban J connectivity index is 3.46. The van der Waals surface area contributed by atoms with E-state index >= 15 is 0 Å². The SMILES string of the molecule is CCCCCCC/C=C(/F)C(=O)NC. The fourth-order valence-electron chi connectivity index (χ4n) is 1.19. The summed E-state index contributed by atoms with van der Waals surface area (Å²) < 4.78 is 12.8. The maximum atomic E-state index is 12.8. The van der Waals surface area contributed by atoms with Gasteiger partial charge in [-0.2, -0.15) is 0 Å². The maximum Gasteiger partial charge on any atom is 0.279 e. The van der Waals surface area contributed by atoms with Crippen molar-refractivity contribution in [2.75, 3.05) is 7.05 Å². The number of likely N-dealkylation sites (N-methyl/N-ethyl adjacent to an activating group) is 1. The van der Waals surface area contributed by atoms with Gasteiger partial charge < -0.3 is 5.32 Å². The summed E-state index contributed by atoms with van der Waals surface area (Å²) in [4.78, 5) is 10.7. The Hall–Kier alpha value is -0.860. The summed E-state index contributed by atoms with van der Waals surface area (Å²) >= 11 is 0. The summed E-state index contributed by atoms with van der Waals surface area (Å²) in [6.45, 7) is 2.16. The molecule has 0 aromatic heterocycles. The number of carbonyl (C=O) groups excluding carboxylic acids is 1. The second kappa shape index (κ2) is 8.73. The monoisotopic (exact) mass is 201 g/mol. The lowest BCUT2D eigenvalue weighted by atomic mass is 10.1. The Kier molecular flexibility index (Phi) is 8.19. The molecular weight excluding hydrogens is 181 g/mol. The lowest BCUT2D eigenvalue weighted by Crippen LogP contribution is -2.17. The van der Waals surface area contributed by atoms with Gasteiger partial charge in [0.1, 0.15) is 0 Å². The molecule has 3 heteroatoms. The topological polar surface area (TPSA) is 29.1 Å².